The summed E-state index contributed by atoms with van der Waals surface area (Å²) in [6.07, 6.45) is 2.15. The molecule has 0 aliphatic heterocycles. The second kappa shape index (κ2) is 10.0. The van der Waals surface area contributed by atoms with Gasteiger partial charge in [0.2, 0.25) is 5.91 Å². The van der Waals surface area contributed by atoms with Gasteiger partial charge in [-0.3, -0.25) is 15.6 Å². The standard InChI is InChI=1S/C11H22N4OS/c1-4-8-12-11(17)14-13-10(16)7-9-15(5-2)6-3/h4H,1,5-9H2,2-3H3,(H,13,16)(H2,12,14,17). The minimum Gasteiger partial charge on any atom is -0.358 e. The number of rotatable bonds is 7. The summed E-state index contributed by atoms with van der Waals surface area (Å²) in [6, 6.07) is 0. The minimum absolute atomic E-state index is 0.0698. The number of thiocarbonyl (C=S) groups is 1. The number of carbonyl (C=O) groups is 1. The van der Waals surface area contributed by atoms with Crippen LogP contribution < -0.4 is 16.2 Å². The van der Waals surface area contributed by atoms with Gasteiger partial charge in [-0.2, -0.15) is 0 Å². The average Bonchev–Trinajstić information content (AvgIpc) is 2.35. The lowest BCUT2D eigenvalue weighted by atomic mass is 10.3. The van der Waals surface area contributed by atoms with E-state index in [-0.39, 0.29) is 5.91 Å². The molecule has 0 saturated carbocycles. The maximum absolute atomic E-state index is 11.4. The number of hydrogen-bond donors (Lipinski definition) is 3. The van der Waals surface area contributed by atoms with Crippen molar-refractivity contribution in [1.82, 2.24) is 21.1 Å². The van der Waals surface area contributed by atoms with Crippen molar-refractivity contribution in [3.8, 4) is 0 Å². The van der Waals surface area contributed by atoms with Gasteiger partial charge in [-0.05, 0) is 25.3 Å². The summed E-state index contributed by atoms with van der Waals surface area (Å²) in [6.45, 7) is 10.9. The van der Waals surface area contributed by atoms with Gasteiger partial charge in [-0.25, -0.2) is 0 Å². The van der Waals surface area contributed by atoms with Crippen molar-refractivity contribution >= 4 is 23.2 Å². The van der Waals surface area contributed by atoms with E-state index in [1.165, 1.54) is 0 Å². The molecular weight excluding hydrogens is 236 g/mol. The van der Waals surface area contributed by atoms with Crippen LogP contribution in [-0.2, 0) is 4.79 Å². The van der Waals surface area contributed by atoms with Crippen molar-refractivity contribution in [2.75, 3.05) is 26.2 Å². The average molecular weight is 258 g/mol. The quantitative estimate of drug-likeness (QED) is 0.351. The number of hydrazine groups is 1. The van der Waals surface area contributed by atoms with Crippen LogP contribution in [0.15, 0.2) is 12.7 Å². The van der Waals surface area contributed by atoms with Crippen LogP contribution in [0.4, 0.5) is 0 Å². The summed E-state index contributed by atoms with van der Waals surface area (Å²) in [5, 5.41) is 3.24. The van der Waals surface area contributed by atoms with Gasteiger partial charge in [0.15, 0.2) is 5.11 Å². The predicted octanol–water partition coefficient (Wildman–Crippen LogP) is 0.400. The maximum atomic E-state index is 11.4. The van der Waals surface area contributed by atoms with E-state index in [0.29, 0.717) is 18.1 Å². The third-order valence-corrected chi connectivity index (χ3v) is 2.52. The first-order valence-electron chi connectivity index (χ1n) is 5.79. The molecule has 0 unspecified atom stereocenters. The molecule has 3 N–H and O–H groups in total. The first-order chi connectivity index (χ1) is 8.13. The predicted molar refractivity (Wildman–Crippen MR) is 74.5 cm³/mol. The Morgan fingerprint density at radius 2 is 2.00 bits per heavy atom. The molecule has 0 aromatic heterocycles. The van der Waals surface area contributed by atoms with Crippen molar-refractivity contribution in [1.29, 1.82) is 0 Å². The number of carbonyl (C=O) groups excluding carboxylic acids is 1. The zero-order valence-electron chi connectivity index (χ0n) is 10.6. The number of nitrogens with one attached hydrogen (secondary N) is 3. The molecule has 17 heavy (non-hydrogen) atoms. The Kier molecular flexibility index (Phi) is 9.37. The first-order valence-corrected chi connectivity index (χ1v) is 6.20. The van der Waals surface area contributed by atoms with Crippen molar-refractivity contribution in [2.45, 2.75) is 20.3 Å². The van der Waals surface area contributed by atoms with Crippen LogP contribution in [0.5, 0.6) is 0 Å². The maximum Gasteiger partial charge on any atom is 0.239 e. The van der Waals surface area contributed by atoms with Gasteiger partial charge in [0.25, 0.3) is 0 Å². The van der Waals surface area contributed by atoms with Gasteiger partial charge < -0.3 is 10.2 Å². The van der Waals surface area contributed by atoms with E-state index in [1.807, 2.05) is 0 Å². The molecule has 0 fully saturated rings. The van der Waals surface area contributed by atoms with E-state index < -0.39 is 0 Å². The monoisotopic (exact) mass is 258 g/mol. The van der Waals surface area contributed by atoms with E-state index in [2.05, 4.69) is 41.5 Å². The van der Waals surface area contributed by atoms with Crippen molar-refractivity contribution in [3.63, 3.8) is 0 Å². The Balaban J connectivity index is 3.65. The molecule has 0 spiro atoms. The normalized spacial score (nSPS) is 9.82. The molecule has 0 saturated heterocycles. The van der Waals surface area contributed by atoms with Gasteiger partial charge >= 0.3 is 0 Å². The second-order valence-corrected chi connectivity index (χ2v) is 3.86. The molecule has 0 radical (unpaired) electrons. The van der Waals surface area contributed by atoms with E-state index in [1.54, 1.807) is 6.08 Å². The fraction of sp³-hybridized carbons (Fsp3) is 0.636. The van der Waals surface area contributed by atoms with Crippen LogP contribution in [0.1, 0.15) is 20.3 Å². The highest BCUT2D eigenvalue weighted by Crippen LogP contribution is 1.89. The van der Waals surface area contributed by atoms with Crippen molar-refractivity contribution in [2.24, 2.45) is 0 Å². The third kappa shape index (κ3) is 8.65. The lowest BCUT2D eigenvalue weighted by Gasteiger charge is -2.17. The van der Waals surface area contributed by atoms with Crippen LogP contribution in [0.2, 0.25) is 0 Å². The van der Waals surface area contributed by atoms with E-state index >= 15 is 0 Å². The van der Waals surface area contributed by atoms with Gasteiger partial charge in [0.1, 0.15) is 0 Å². The molecular formula is C11H22N4OS. The molecule has 0 heterocycles. The van der Waals surface area contributed by atoms with Gasteiger partial charge in [-0.1, -0.05) is 19.9 Å². The van der Waals surface area contributed by atoms with Crippen LogP contribution in [0, 0.1) is 0 Å². The summed E-state index contributed by atoms with van der Waals surface area (Å²) >= 11 is 4.92. The van der Waals surface area contributed by atoms with Gasteiger partial charge in [0.05, 0.1) is 0 Å². The zero-order chi connectivity index (χ0) is 13.1. The van der Waals surface area contributed by atoms with Crippen LogP contribution in [-0.4, -0.2) is 42.1 Å². The summed E-state index contributed by atoms with van der Waals surface area (Å²) in [5.74, 6) is -0.0698. The molecule has 1 amide bonds. The highest BCUT2D eigenvalue weighted by molar-refractivity contribution is 7.80. The molecule has 98 valence electrons. The highest BCUT2D eigenvalue weighted by atomic mass is 32.1. The molecule has 5 nitrogen and oxygen atoms in total. The Morgan fingerprint density at radius 1 is 1.35 bits per heavy atom. The largest absolute Gasteiger partial charge is 0.358 e. The smallest absolute Gasteiger partial charge is 0.239 e. The molecule has 0 aliphatic rings. The Morgan fingerprint density at radius 3 is 2.53 bits per heavy atom. The van der Waals surface area contributed by atoms with Crippen molar-refractivity contribution < 1.29 is 4.79 Å². The Bertz CT molecular complexity index is 254. The van der Waals surface area contributed by atoms with E-state index in [9.17, 15) is 4.79 Å². The molecule has 0 aliphatic carbocycles. The van der Waals surface area contributed by atoms with Gasteiger partial charge in [0, 0.05) is 19.5 Å². The minimum atomic E-state index is -0.0698. The number of amides is 1. The topological polar surface area (TPSA) is 56.4 Å². The van der Waals surface area contributed by atoms with E-state index in [0.717, 1.165) is 19.6 Å². The SMILES string of the molecule is C=CCNC(=S)NNC(=O)CCN(CC)CC. The molecule has 0 atom stereocenters. The fourth-order valence-corrected chi connectivity index (χ4v) is 1.33. The lowest BCUT2D eigenvalue weighted by molar-refractivity contribution is -0.121. The molecule has 0 rings (SSSR count). The fourth-order valence-electron chi connectivity index (χ4n) is 1.20. The highest BCUT2D eigenvalue weighted by Gasteiger charge is 2.04. The summed E-state index contributed by atoms with van der Waals surface area (Å²) in [5.41, 5.74) is 5.17. The second-order valence-electron chi connectivity index (χ2n) is 3.45. The van der Waals surface area contributed by atoms with Crippen LogP contribution in [0.3, 0.4) is 0 Å². The van der Waals surface area contributed by atoms with E-state index in [4.69, 9.17) is 12.2 Å². The number of hydrogen-bond acceptors (Lipinski definition) is 3. The Hall–Kier alpha value is -1.14. The summed E-state index contributed by atoms with van der Waals surface area (Å²) in [7, 11) is 0. The van der Waals surface area contributed by atoms with Gasteiger partial charge in [-0.15, -0.1) is 6.58 Å². The molecule has 6 heteroatoms. The van der Waals surface area contributed by atoms with Crippen LogP contribution in [0.25, 0.3) is 0 Å². The molecule has 0 aromatic rings. The van der Waals surface area contributed by atoms with Crippen LogP contribution >= 0.6 is 12.2 Å². The molecule has 0 bridgehead atoms. The lowest BCUT2D eigenvalue weighted by Crippen LogP contribution is -2.47. The number of nitrogens with zero attached hydrogens (tertiary/aromatic N) is 1. The Labute approximate surface area is 109 Å². The summed E-state index contributed by atoms with van der Waals surface area (Å²) < 4.78 is 0. The summed E-state index contributed by atoms with van der Waals surface area (Å²) in [4.78, 5) is 13.6. The molecule has 0 aromatic carbocycles. The third-order valence-electron chi connectivity index (χ3n) is 2.27. The van der Waals surface area contributed by atoms with Crippen molar-refractivity contribution in [3.05, 3.63) is 12.7 Å². The first kappa shape index (κ1) is 15.9. The zero-order valence-corrected chi connectivity index (χ0v) is 11.4.